The number of nitrogens with zero attached hydrogens (tertiary/aromatic N) is 2. The Morgan fingerprint density at radius 2 is 2.00 bits per heavy atom. The van der Waals surface area contributed by atoms with Gasteiger partial charge in [-0.25, -0.2) is 14.4 Å². The molecule has 0 saturated carbocycles. The van der Waals surface area contributed by atoms with Crippen LogP contribution >= 0.6 is 0 Å². The number of carbonyl (C=O) groups is 1. The van der Waals surface area contributed by atoms with Crippen LogP contribution in [0.1, 0.15) is 15.9 Å². The van der Waals surface area contributed by atoms with Gasteiger partial charge in [-0.3, -0.25) is 4.79 Å². The smallest absolute Gasteiger partial charge is 0.321 e. The molecule has 0 bridgehead atoms. The summed E-state index contributed by atoms with van der Waals surface area (Å²) >= 11 is 0. The molecule has 17 heavy (non-hydrogen) atoms. The minimum Gasteiger partial charge on any atom is -0.424 e. The van der Waals surface area contributed by atoms with Crippen molar-refractivity contribution in [3.63, 3.8) is 0 Å². The van der Waals surface area contributed by atoms with E-state index >= 15 is 0 Å². The third-order valence-corrected chi connectivity index (χ3v) is 2.12. The summed E-state index contributed by atoms with van der Waals surface area (Å²) in [5, 5.41) is 0. The normalized spacial score (nSPS) is 10.0. The van der Waals surface area contributed by atoms with Gasteiger partial charge < -0.3 is 4.74 Å². The van der Waals surface area contributed by atoms with Gasteiger partial charge in [0.15, 0.2) is 6.29 Å². The van der Waals surface area contributed by atoms with Crippen LogP contribution in [0.4, 0.5) is 4.39 Å². The molecule has 0 unspecified atom stereocenters. The molecule has 1 aromatic heterocycles. The van der Waals surface area contributed by atoms with Gasteiger partial charge in [-0.2, -0.15) is 0 Å². The van der Waals surface area contributed by atoms with Gasteiger partial charge in [0.05, 0.1) is 5.56 Å². The molecule has 86 valence electrons. The first-order valence-electron chi connectivity index (χ1n) is 4.90. The summed E-state index contributed by atoms with van der Waals surface area (Å²) in [7, 11) is 0. The Balaban J connectivity index is 2.22. The molecule has 0 radical (unpaired) electrons. The molecule has 2 aromatic rings. The van der Waals surface area contributed by atoms with Crippen molar-refractivity contribution in [2.45, 2.75) is 6.92 Å². The third kappa shape index (κ3) is 2.63. The van der Waals surface area contributed by atoms with E-state index in [0.717, 1.165) is 0 Å². The maximum Gasteiger partial charge on any atom is 0.321 e. The third-order valence-electron chi connectivity index (χ3n) is 2.12. The zero-order valence-corrected chi connectivity index (χ0v) is 9.05. The number of halogens is 1. The number of rotatable bonds is 3. The number of aryl methyl sites for hydroxylation is 1. The lowest BCUT2D eigenvalue weighted by Gasteiger charge is -2.06. The first-order chi connectivity index (χ1) is 8.19. The van der Waals surface area contributed by atoms with Crippen LogP contribution in [0.2, 0.25) is 0 Å². The fraction of sp³-hybridized carbons (Fsp3) is 0.0833. The van der Waals surface area contributed by atoms with Crippen molar-refractivity contribution in [1.82, 2.24) is 9.97 Å². The molecule has 5 heteroatoms. The van der Waals surface area contributed by atoms with E-state index in [4.69, 9.17) is 4.74 Å². The average Bonchev–Trinajstić information content (AvgIpc) is 2.34. The molecule has 0 aliphatic heterocycles. The van der Waals surface area contributed by atoms with E-state index in [1.54, 1.807) is 6.92 Å². The lowest BCUT2D eigenvalue weighted by atomic mass is 10.2. The monoisotopic (exact) mass is 232 g/mol. The van der Waals surface area contributed by atoms with Crippen LogP contribution in [0.25, 0.3) is 0 Å². The number of hydrogen-bond acceptors (Lipinski definition) is 4. The molecule has 0 saturated heterocycles. The van der Waals surface area contributed by atoms with Crippen molar-refractivity contribution in [1.29, 1.82) is 0 Å². The highest BCUT2D eigenvalue weighted by atomic mass is 19.1. The standard InChI is InChI=1S/C12H9FN2O2/c1-8-4-10(13)2-3-11(8)17-12-14-5-9(7-16)6-15-12/h2-7H,1H3. The molecule has 0 atom stereocenters. The number of ether oxygens (including phenoxy) is 1. The molecule has 1 aromatic carbocycles. The molecule has 0 aliphatic rings. The van der Waals surface area contributed by atoms with Crippen LogP contribution in [0.5, 0.6) is 11.8 Å². The van der Waals surface area contributed by atoms with Crippen molar-refractivity contribution >= 4 is 6.29 Å². The Hall–Kier alpha value is -2.30. The highest BCUT2D eigenvalue weighted by Crippen LogP contribution is 2.22. The average molecular weight is 232 g/mol. The minimum atomic E-state index is -0.327. The van der Waals surface area contributed by atoms with Gasteiger partial charge in [0.25, 0.3) is 0 Å². The number of aromatic nitrogens is 2. The first kappa shape index (κ1) is 11.2. The van der Waals surface area contributed by atoms with Crippen molar-refractivity contribution in [2.24, 2.45) is 0 Å². The van der Waals surface area contributed by atoms with Crippen molar-refractivity contribution < 1.29 is 13.9 Å². The van der Waals surface area contributed by atoms with Crippen LogP contribution in [0.15, 0.2) is 30.6 Å². The predicted molar refractivity (Wildman–Crippen MR) is 58.6 cm³/mol. The van der Waals surface area contributed by atoms with Gasteiger partial charge in [-0.15, -0.1) is 0 Å². The van der Waals surface area contributed by atoms with E-state index in [-0.39, 0.29) is 11.8 Å². The van der Waals surface area contributed by atoms with Crippen LogP contribution in [0.3, 0.4) is 0 Å². The second kappa shape index (κ2) is 4.69. The zero-order valence-electron chi connectivity index (χ0n) is 9.05. The van der Waals surface area contributed by atoms with Gasteiger partial charge in [0, 0.05) is 12.4 Å². The Morgan fingerprint density at radius 1 is 1.29 bits per heavy atom. The lowest BCUT2D eigenvalue weighted by Crippen LogP contribution is -1.95. The largest absolute Gasteiger partial charge is 0.424 e. The molecule has 0 spiro atoms. The summed E-state index contributed by atoms with van der Waals surface area (Å²) in [6.45, 7) is 1.72. The summed E-state index contributed by atoms with van der Waals surface area (Å²) in [5.74, 6) is 0.150. The van der Waals surface area contributed by atoms with E-state index in [1.807, 2.05) is 0 Å². The second-order valence-corrected chi connectivity index (χ2v) is 3.43. The van der Waals surface area contributed by atoms with Gasteiger partial charge in [-0.1, -0.05) is 0 Å². The van der Waals surface area contributed by atoms with E-state index < -0.39 is 0 Å². The van der Waals surface area contributed by atoms with Gasteiger partial charge in [0.1, 0.15) is 11.6 Å². The zero-order chi connectivity index (χ0) is 12.3. The molecule has 2 rings (SSSR count). The maximum absolute atomic E-state index is 12.9. The lowest BCUT2D eigenvalue weighted by molar-refractivity contribution is 0.112. The van der Waals surface area contributed by atoms with Crippen molar-refractivity contribution in [3.05, 3.63) is 47.5 Å². The maximum atomic E-state index is 12.9. The fourth-order valence-electron chi connectivity index (χ4n) is 1.27. The first-order valence-corrected chi connectivity index (χ1v) is 4.90. The fourth-order valence-corrected chi connectivity index (χ4v) is 1.27. The molecular formula is C12H9FN2O2. The Bertz CT molecular complexity index is 541. The topological polar surface area (TPSA) is 52.1 Å². The summed E-state index contributed by atoms with van der Waals surface area (Å²) in [6, 6.07) is 4.27. The van der Waals surface area contributed by atoms with Crippen molar-refractivity contribution in [2.75, 3.05) is 0 Å². The molecule has 0 fully saturated rings. The van der Waals surface area contributed by atoms with Crippen molar-refractivity contribution in [3.8, 4) is 11.8 Å². The highest BCUT2D eigenvalue weighted by Gasteiger charge is 2.04. The summed E-state index contributed by atoms with van der Waals surface area (Å²) < 4.78 is 18.2. The summed E-state index contributed by atoms with van der Waals surface area (Å²) in [6.07, 6.45) is 3.36. The number of benzene rings is 1. The molecule has 0 amide bonds. The number of aldehydes is 1. The quantitative estimate of drug-likeness (QED) is 0.763. The van der Waals surface area contributed by atoms with Gasteiger partial charge in [0.2, 0.25) is 0 Å². The number of carbonyl (C=O) groups excluding carboxylic acids is 1. The summed E-state index contributed by atoms with van der Waals surface area (Å²) in [4.78, 5) is 18.1. The molecule has 4 nitrogen and oxygen atoms in total. The van der Waals surface area contributed by atoms with Crippen LogP contribution in [-0.2, 0) is 0 Å². The predicted octanol–water partition coefficient (Wildman–Crippen LogP) is 2.53. The Labute approximate surface area is 97.1 Å². The Kier molecular flexibility index (Phi) is 3.09. The van der Waals surface area contributed by atoms with Gasteiger partial charge >= 0.3 is 6.01 Å². The summed E-state index contributed by atoms with van der Waals surface area (Å²) in [5.41, 5.74) is 1.02. The van der Waals surface area contributed by atoms with E-state index in [9.17, 15) is 9.18 Å². The minimum absolute atomic E-state index is 0.116. The molecule has 1 heterocycles. The number of hydrogen-bond donors (Lipinski definition) is 0. The highest BCUT2D eigenvalue weighted by molar-refractivity contribution is 5.73. The van der Waals surface area contributed by atoms with Crippen LogP contribution in [0, 0.1) is 12.7 Å². The Morgan fingerprint density at radius 3 is 2.59 bits per heavy atom. The SMILES string of the molecule is Cc1cc(F)ccc1Oc1ncc(C=O)cn1. The van der Waals surface area contributed by atoms with Crippen LogP contribution in [-0.4, -0.2) is 16.3 Å². The van der Waals surface area contributed by atoms with E-state index in [2.05, 4.69) is 9.97 Å². The van der Waals surface area contributed by atoms with E-state index in [1.165, 1.54) is 30.6 Å². The second-order valence-electron chi connectivity index (χ2n) is 3.43. The van der Waals surface area contributed by atoms with Crippen LogP contribution < -0.4 is 4.74 Å². The van der Waals surface area contributed by atoms with E-state index in [0.29, 0.717) is 23.2 Å². The molecule has 0 aliphatic carbocycles. The van der Waals surface area contributed by atoms with Gasteiger partial charge in [-0.05, 0) is 30.7 Å². The molecule has 0 N–H and O–H groups in total. The molecular weight excluding hydrogens is 223 g/mol.